The molecule has 1 amide bonds. The van der Waals surface area contributed by atoms with Gasteiger partial charge in [0.2, 0.25) is 5.95 Å². The molecule has 0 aliphatic rings. The van der Waals surface area contributed by atoms with Gasteiger partial charge in [0.05, 0.1) is 5.56 Å². The Hall–Kier alpha value is -1.49. The number of rotatable bonds is 1. The molecule has 0 bridgehead atoms. The predicted molar refractivity (Wildman–Crippen MR) is 45.7 cm³/mol. The number of hydrogen-bond donors (Lipinski definition) is 2. The van der Waals surface area contributed by atoms with Crippen molar-refractivity contribution in [3.8, 4) is 0 Å². The van der Waals surface area contributed by atoms with Crippen LogP contribution in [0.3, 0.4) is 0 Å². The van der Waals surface area contributed by atoms with Gasteiger partial charge < -0.3 is 10.4 Å². The Morgan fingerprint density at radius 3 is 2.69 bits per heavy atom. The molecule has 1 aromatic heterocycles. The van der Waals surface area contributed by atoms with Crippen LogP contribution in [0.25, 0.3) is 0 Å². The lowest BCUT2D eigenvalue weighted by Gasteiger charge is -1.98. The molecule has 13 heavy (non-hydrogen) atoms. The number of hydrogen-bond acceptors (Lipinski definition) is 3. The van der Waals surface area contributed by atoms with Crippen molar-refractivity contribution in [3.63, 3.8) is 0 Å². The molecule has 0 aliphatic heterocycles. The van der Waals surface area contributed by atoms with Crippen molar-refractivity contribution in [1.29, 1.82) is 0 Å². The molecule has 0 aliphatic carbocycles. The maximum Gasteiger partial charge on any atom is 0.255 e. The Morgan fingerprint density at radius 1 is 1.62 bits per heavy atom. The zero-order chi connectivity index (χ0) is 10.3. The third kappa shape index (κ3) is 3.16. The summed E-state index contributed by atoms with van der Waals surface area (Å²) in [6.07, 6.45) is 1.29. The van der Waals surface area contributed by atoms with E-state index in [4.69, 9.17) is 5.11 Å². The SMILES string of the molecule is CNC(=O)c1cccnc1F.CO. The fourth-order valence-corrected chi connectivity index (χ4v) is 0.690. The summed E-state index contributed by atoms with van der Waals surface area (Å²) < 4.78 is 12.7. The Kier molecular flexibility index (Phi) is 5.38. The van der Waals surface area contributed by atoms with Crippen LogP contribution in [0.5, 0.6) is 0 Å². The molecule has 0 fully saturated rings. The molecule has 1 heterocycles. The van der Waals surface area contributed by atoms with E-state index >= 15 is 0 Å². The van der Waals surface area contributed by atoms with Crippen LogP contribution in [0.15, 0.2) is 18.3 Å². The van der Waals surface area contributed by atoms with Crippen molar-refractivity contribution in [3.05, 3.63) is 29.8 Å². The highest BCUT2D eigenvalue weighted by Gasteiger charge is 2.08. The molecule has 1 aromatic rings. The minimum Gasteiger partial charge on any atom is -0.400 e. The summed E-state index contributed by atoms with van der Waals surface area (Å²) in [6.45, 7) is 0. The molecule has 0 atom stereocenters. The summed E-state index contributed by atoms with van der Waals surface area (Å²) in [5, 5.41) is 9.30. The number of carbonyl (C=O) groups is 1. The standard InChI is InChI=1S/C7H7FN2O.CH4O/c1-9-7(11)5-3-2-4-10-6(5)8;1-2/h2-4H,1H3,(H,9,11);2H,1H3. The molecule has 0 aromatic carbocycles. The van der Waals surface area contributed by atoms with Gasteiger partial charge in [-0.3, -0.25) is 4.79 Å². The summed E-state index contributed by atoms with van der Waals surface area (Å²) in [6, 6.07) is 2.88. The van der Waals surface area contributed by atoms with Crippen LogP contribution in [-0.4, -0.2) is 30.2 Å². The average molecular weight is 186 g/mol. The predicted octanol–water partition coefficient (Wildman–Crippen LogP) is 0.189. The Morgan fingerprint density at radius 2 is 2.23 bits per heavy atom. The lowest BCUT2D eigenvalue weighted by Crippen LogP contribution is -2.19. The van der Waals surface area contributed by atoms with E-state index in [0.29, 0.717) is 0 Å². The van der Waals surface area contributed by atoms with Crippen LogP contribution in [0.1, 0.15) is 10.4 Å². The van der Waals surface area contributed by atoms with Crippen LogP contribution in [-0.2, 0) is 0 Å². The van der Waals surface area contributed by atoms with Crippen molar-refractivity contribution < 1.29 is 14.3 Å². The minimum absolute atomic E-state index is 0.0324. The summed E-state index contributed by atoms with van der Waals surface area (Å²) >= 11 is 0. The molecule has 0 saturated heterocycles. The molecular formula is C8H11FN2O2. The fraction of sp³-hybridized carbons (Fsp3) is 0.250. The van der Waals surface area contributed by atoms with Crippen LogP contribution in [0.2, 0.25) is 0 Å². The maximum atomic E-state index is 12.7. The molecular weight excluding hydrogens is 175 g/mol. The van der Waals surface area contributed by atoms with Gasteiger partial charge in [0.25, 0.3) is 5.91 Å². The lowest BCUT2D eigenvalue weighted by atomic mass is 10.2. The Bertz CT molecular complexity index is 279. The van der Waals surface area contributed by atoms with Crippen LogP contribution in [0, 0.1) is 5.95 Å². The number of aromatic nitrogens is 1. The molecule has 1 rings (SSSR count). The number of halogens is 1. The summed E-state index contributed by atoms with van der Waals surface area (Å²) in [7, 11) is 2.44. The fourth-order valence-electron chi connectivity index (χ4n) is 0.690. The Balaban J connectivity index is 0.000000671. The van der Waals surface area contributed by atoms with Crippen molar-refractivity contribution in [2.75, 3.05) is 14.2 Å². The van der Waals surface area contributed by atoms with Gasteiger partial charge in [-0.1, -0.05) is 0 Å². The van der Waals surface area contributed by atoms with Crippen molar-refractivity contribution >= 4 is 5.91 Å². The highest BCUT2D eigenvalue weighted by Crippen LogP contribution is 2.01. The van der Waals surface area contributed by atoms with E-state index in [1.165, 1.54) is 25.4 Å². The largest absolute Gasteiger partial charge is 0.400 e. The van der Waals surface area contributed by atoms with E-state index in [-0.39, 0.29) is 5.56 Å². The third-order valence-corrected chi connectivity index (χ3v) is 1.23. The topological polar surface area (TPSA) is 62.2 Å². The number of nitrogens with zero attached hydrogens (tertiary/aromatic N) is 1. The quantitative estimate of drug-likeness (QED) is 0.615. The monoisotopic (exact) mass is 186 g/mol. The number of amides is 1. The van der Waals surface area contributed by atoms with E-state index in [1.54, 1.807) is 0 Å². The molecule has 0 spiro atoms. The van der Waals surface area contributed by atoms with Crippen LogP contribution >= 0.6 is 0 Å². The molecule has 0 unspecified atom stereocenters. The highest BCUT2D eigenvalue weighted by molar-refractivity contribution is 5.93. The molecule has 0 saturated carbocycles. The van der Waals surface area contributed by atoms with E-state index in [1.807, 2.05) is 0 Å². The molecule has 72 valence electrons. The maximum absolute atomic E-state index is 12.7. The van der Waals surface area contributed by atoms with Gasteiger partial charge in [0, 0.05) is 20.4 Å². The number of pyridine rings is 1. The van der Waals surface area contributed by atoms with Crippen LogP contribution in [0.4, 0.5) is 4.39 Å². The van der Waals surface area contributed by atoms with Gasteiger partial charge in [-0.15, -0.1) is 0 Å². The normalized spacial score (nSPS) is 8.31. The third-order valence-electron chi connectivity index (χ3n) is 1.23. The number of carbonyl (C=O) groups excluding carboxylic acids is 1. The first kappa shape index (κ1) is 11.5. The number of aliphatic hydroxyl groups excluding tert-OH is 1. The van der Waals surface area contributed by atoms with Crippen molar-refractivity contribution in [1.82, 2.24) is 10.3 Å². The first-order valence-corrected chi connectivity index (χ1v) is 3.53. The first-order chi connectivity index (χ1) is 6.25. The van der Waals surface area contributed by atoms with Crippen LogP contribution < -0.4 is 5.32 Å². The average Bonchev–Trinajstić information content (AvgIpc) is 2.20. The summed E-state index contributed by atoms with van der Waals surface area (Å²) in [5.74, 6) is -1.21. The van der Waals surface area contributed by atoms with Crippen molar-refractivity contribution in [2.45, 2.75) is 0 Å². The highest BCUT2D eigenvalue weighted by atomic mass is 19.1. The minimum atomic E-state index is -0.744. The number of nitrogens with one attached hydrogen (secondary N) is 1. The second-order valence-corrected chi connectivity index (χ2v) is 1.92. The second kappa shape index (κ2) is 6.07. The zero-order valence-corrected chi connectivity index (χ0v) is 7.41. The smallest absolute Gasteiger partial charge is 0.255 e. The molecule has 2 N–H and O–H groups in total. The Labute approximate surface area is 75.4 Å². The van der Waals surface area contributed by atoms with Gasteiger partial charge in [0.15, 0.2) is 0 Å². The van der Waals surface area contributed by atoms with Gasteiger partial charge in [0.1, 0.15) is 0 Å². The van der Waals surface area contributed by atoms with E-state index < -0.39 is 11.9 Å². The summed E-state index contributed by atoms with van der Waals surface area (Å²) in [4.78, 5) is 14.2. The lowest BCUT2D eigenvalue weighted by molar-refractivity contribution is 0.0958. The van der Waals surface area contributed by atoms with Gasteiger partial charge >= 0.3 is 0 Å². The first-order valence-electron chi connectivity index (χ1n) is 3.53. The van der Waals surface area contributed by atoms with Gasteiger partial charge in [-0.2, -0.15) is 4.39 Å². The van der Waals surface area contributed by atoms with E-state index in [9.17, 15) is 9.18 Å². The van der Waals surface area contributed by atoms with Crippen molar-refractivity contribution in [2.24, 2.45) is 0 Å². The number of aliphatic hydroxyl groups is 1. The van der Waals surface area contributed by atoms with E-state index in [2.05, 4.69) is 10.3 Å². The summed E-state index contributed by atoms with van der Waals surface area (Å²) in [5.41, 5.74) is -0.0324. The molecule has 4 nitrogen and oxygen atoms in total. The van der Waals surface area contributed by atoms with Gasteiger partial charge in [-0.05, 0) is 12.1 Å². The van der Waals surface area contributed by atoms with E-state index in [0.717, 1.165) is 7.11 Å². The van der Waals surface area contributed by atoms with Gasteiger partial charge in [-0.25, -0.2) is 4.98 Å². The second-order valence-electron chi connectivity index (χ2n) is 1.92. The zero-order valence-electron chi connectivity index (χ0n) is 7.41. The molecule has 5 heteroatoms. The molecule has 0 radical (unpaired) electrons.